The Kier molecular flexibility index (Phi) is 3.74. The van der Waals surface area contributed by atoms with Crippen LogP contribution in [0.2, 0.25) is 0 Å². The normalized spacial score (nSPS) is 28.8. The molecule has 2 heterocycles. The first-order chi connectivity index (χ1) is 9.25. The lowest BCUT2D eigenvalue weighted by Crippen LogP contribution is -2.47. The summed E-state index contributed by atoms with van der Waals surface area (Å²) in [6.45, 7) is 3.20. The molecule has 0 spiro atoms. The van der Waals surface area contributed by atoms with Crippen molar-refractivity contribution in [1.29, 1.82) is 0 Å². The first kappa shape index (κ1) is 12.9. The standard InChI is InChI=1S/C16H25N3/c1-12(17)14-8-9-18-16(11-14)19-10-4-6-13-5-2-3-7-15(13)19/h8-9,11-13,15H,2-7,10,17H2,1H3/t12-,13-,15-/m1/s1. The minimum Gasteiger partial charge on any atom is -0.353 e. The van der Waals surface area contributed by atoms with Crippen molar-refractivity contribution in [3.8, 4) is 0 Å². The van der Waals surface area contributed by atoms with Crippen molar-refractivity contribution in [3.05, 3.63) is 23.9 Å². The van der Waals surface area contributed by atoms with Gasteiger partial charge in [0.25, 0.3) is 0 Å². The van der Waals surface area contributed by atoms with Crippen LogP contribution in [0, 0.1) is 5.92 Å². The summed E-state index contributed by atoms with van der Waals surface area (Å²) in [6, 6.07) is 5.05. The summed E-state index contributed by atoms with van der Waals surface area (Å²) in [4.78, 5) is 7.16. The minimum atomic E-state index is 0.0914. The fourth-order valence-electron chi connectivity index (χ4n) is 3.78. The average molecular weight is 259 g/mol. The van der Waals surface area contributed by atoms with Crippen molar-refractivity contribution in [3.63, 3.8) is 0 Å². The predicted molar refractivity (Wildman–Crippen MR) is 79.2 cm³/mol. The van der Waals surface area contributed by atoms with Crippen molar-refractivity contribution in [2.75, 3.05) is 11.4 Å². The molecule has 1 aromatic rings. The second-order valence-electron chi connectivity index (χ2n) is 6.18. The van der Waals surface area contributed by atoms with Crippen LogP contribution in [0.3, 0.4) is 0 Å². The van der Waals surface area contributed by atoms with E-state index in [1.807, 2.05) is 19.2 Å². The van der Waals surface area contributed by atoms with Crippen molar-refractivity contribution >= 4 is 5.82 Å². The molecule has 0 bridgehead atoms. The highest BCUT2D eigenvalue weighted by Crippen LogP contribution is 2.37. The largest absolute Gasteiger partial charge is 0.353 e. The molecule has 0 aromatic carbocycles. The number of pyridine rings is 1. The Morgan fingerprint density at radius 1 is 1.26 bits per heavy atom. The van der Waals surface area contributed by atoms with Gasteiger partial charge in [-0.15, -0.1) is 0 Å². The van der Waals surface area contributed by atoms with Crippen LogP contribution in [0.25, 0.3) is 0 Å². The maximum Gasteiger partial charge on any atom is 0.129 e. The number of nitrogens with two attached hydrogens (primary N) is 1. The summed E-state index contributed by atoms with van der Waals surface area (Å²) >= 11 is 0. The second kappa shape index (κ2) is 5.49. The second-order valence-corrected chi connectivity index (χ2v) is 6.18. The molecule has 3 heteroatoms. The lowest BCUT2D eigenvalue weighted by molar-refractivity contribution is 0.242. The van der Waals surface area contributed by atoms with Crippen molar-refractivity contribution in [2.24, 2.45) is 11.7 Å². The number of hydrogen-bond acceptors (Lipinski definition) is 3. The van der Waals surface area contributed by atoms with Crippen LogP contribution in [0.1, 0.15) is 57.1 Å². The Morgan fingerprint density at radius 2 is 2.05 bits per heavy atom. The molecule has 1 aromatic heterocycles. The van der Waals surface area contributed by atoms with Gasteiger partial charge in [0.05, 0.1) is 0 Å². The summed E-state index contributed by atoms with van der Waals surface area (Å²) in [5, 5.41) is 0. The van der Waals surface area contributed by atoms with Gasteiger partial charge in [-0.2, -0.15) is 0 Å². The van der Waals surface area contributed by atoms with Gasteiger partial charge in [-0.05, 0) is 56.2 Å². The smallest absolute Gasteiger partial charge is 0.129 e. The third kappa shape index (κ3) is 2.62. The van der Waals surface area contributed by atoms with E-state index in [0.29, 0.717) is 0 Å². The summed E-state index contributed by atoms with van der Waals surface area (Å²) in [6.07, 6.45) is 10.2. The predicted octanol–water partition coefficient (Wildman–Crippen LogP) is 3.26. The third-order valence-electron chi connectivity index (χ3n) is 4.83. The fraction of sp³-hybridized carbons (Fsp3) is 0.688. The molecule has 1 aliphatic carbocycles. The Balaban J connectivity index is 1.85. The zero-order chi connectivity index (χ0) is 13.2. The Hall–Kier alpha value is -1.09. The highest BCUT2D eigenvalue weighted by atomic mass is 15.2. The van der Waals surface area contributed by atoms with Gasteiger partial charge in [0, 0.05) is 24.8 Å². The highest BCUT2D eigenvalue weighted by Gasteiger charge is 2.33. The topological polar surface area (TPSA) is 42.1 Å². The summed E-state index contributed by atoms with van der Waals surface area (Å²) < 4.78 is 0. The zero-order valence-corrected chi connectivity index (χ0v) is 11.9. The van der Waals surface area contributed by atoms with Crippen LogP contribution in [0.5, 0.6) is 0 Å². The Morgan fingerprint density at radius 3 is 2.89 bits per heavy atom. The van der Waals surface area contributed by atoms with E-state index in [2.05, 4.69) is 16.0 Å². The van der Waals surface area contributed by atoms with Gasteiger partial charge in [0.1, 0.15) is 5.82 Å². The van der Waals surface area contributed by atoms with E-state index < -0.39 is 0 Å². The molecule has 3 rings (SSSR count). The number of nitrogens with zero attached hydrogens (tertiary/aromatic N) is 2. The number of anilines is 1. The van der Waals surface area contributed by atoms with Crippen LogP contribution in [-0.4, -0.2) is 17.6 Å². The lowest BCUT2D eigenvalue weighted by Gasteiger charge is -2.45. The summed E-state index contributed by atoms with van der Waals surface area (Å²) in [5.74, 6) is 2.04. The van der Waals surface area contributed by atoms with Gasteiger partial charge in [0.15, 0.2) is 0 Å². The molecule has 1 saturated heterocycles. The van der Waals surface area contributed by atoms with E-state index in [1.54, 1.807) is 0 Å². The third-order valence-corrected chi connectivity index (χ3v) is 4.83. The van der Waals surface area contributed by atoms with Crippen LogP contribution < -0.4 is 10.6 Å². The van der Waals surface area contributed by atoms with Gasteiger partial charge in [-0.25, -0.2) is 4.98 Å². The molecular weight excluding hydrogens is 234 g/mol. The van der Waals surface area contributed by atoms with Crippen LogP contribution in [-0.2, 0) is 0 Å². The van der Waals surface area contributed by atoms with E-state index in [0.717, 1.165) is 24.3 Å². The number of piperidine rings is 1. The molecule has 1 saturated carbocycles. The molecule has 3 atom stereocenters. The molecule has 2 aliphatic rings. The molecule has 0 unspecified atom stereocenters. The zero-order valence-electron chi connectivity index (χ0n) is 11.9. The Bertz CT molecular complexity index is 428. The van der Waals surface area contributed by atoms with E-state index >= 15 is 0 Å². The number of rotatable bonds is 2. The van der Waals surface area contributed by atoms with Gasteiger partial charge in [0.2, 0.25) is 0 Å². The monoisotopic (exact) mass is 259 g/mol. The number of fused-ring (bicyclic) bond motifs is 1. The molecule has 3 nitrogen and oxygen atoms in total. The summed E-state index contributed by atoms with van der Waals surface area (Å²) in [7, 11) is 0. The Labute approximate surface area is 116 Å². The van der Waals surface area contributed by atoms with Gasteiger partial charge in [-0.3, -0.25) is 0 Å². The average Bonchev–Trinajstić information content (AvgIpc) is 2.47. The highest BCUT2D eigenvalue weighted by molar-refractivity contribution is 5.43. The quantitative estimate of drug-likeness (QED) is 0.886. The number of hydrogen-bond donors (Lipinski definition) is 1. The maximum absolute atomic E-state index is 6.00. The SMILES string of the molecule is C[C@@H](N)c1ccnc(N2CCC[C@H]3CCCC[C@H]32)c1. The summed E-state index contributed by atoms with van der Waals surface area (Å²) in [5.41, 5.74) is 7.19. The molecule has 2 fully saturated rings. The molecular formula is C16H25N3. The number of aromatic nitrogens is 1. The molecule has 19 heavy (non-hydrogen) atoms. The first-order valence-corrected chi connectivity index (χ1v) is 7.74. The van der Waals surface area contributed by atoms with E-state index in [4.69, 9.17) is 5.73 Å². The lowest BCUT2D eigenvalue weighted by atomic mass is 9.78. The van der Waals surface area contributed by atoms with Crippen LogP contribution in [0.4, 0.5) is 5.82 Å². The van der Waals surface area contributed by atoms with E-state index in [-0.39, 0.29) is 6.04 Å². The van der Waals surface area contributed by atoms with Gasteiger partial charge >= 0.3 is 0 Å². The molecule has 1 aliphatic heterocycles. The molecule has 0 amide bonds. The molecule has 2 N–H and O–H groups in total. The van der Waals surface area contributed by atoms with Crippen LogP contribution in [0.15, 0.2) is 18.3 Å². The van der Waals surface area contributed by atoms with Gasteiger partial charge in [-0.1, -0.05) is 12.8 Å². The minimum absolute atomic E-state index is 0.0914. The first-order valence-electron chi connectivity index (χ1n) is 7.74. The van der Waals surface area contributed by atoms with E-state index in [1.165, 1.54) is 44.1 Å². The molecule has 104 valence electrons. The van der Waals surface area contributed by atoms with Crippen molar-refractivity contribution in [2.45, 2.75) is 57.5 Å². The van der Waals surface area contributed by atoms with Crippen molar-refractivity contribution in [1.82, 2.24) is 4.98 Å². The van der Waals surface area contributed by atoms with Crippen LogP contribution >= 0.6 is 0 Å². The fourth-order valence-corrected chi connectivity index (χ4v) is 3.78. The van der Waals surface area contributed by atoms with Crippen molar-refractivity contribution < 1.29 is 0 Å². The molecule has 0 radical (unpaired) electrons. The van der Waals surface area contributed by atoms with Gasteiger partial charge < -0.3 is 10.6 Å². The van der Waals surface area contributed by atoms with E-state index in [9.17, 15) is 0 Å². The maximum atomic E-state index is 6.00.